The van der Waals surface area contributed by atoms with Crippen molar-refractivity contribution in [3.63, 3.8) is 0 Å². The molecule has 32 heavy (non-hydrogen) atoms. The number of aryl methyl sites for hydroxylation is 2. The van der Waals surface area contributed by atoms with Crippen molar-refractivity contribution < 1.29 is 27.5 Å². The Kier molecular flexibility index (Phi) is 6.94. The van der Waals surface area contributed by atoms with Gasteiger partial charge in [0.25, 0.3) is 11.7 Å². The van der Waals surface area contributed by atoms with Gasteiger partial charge >= 0.3 is 12.1 Å². The maximum atomic E-state index is 13.1. The van der Waals surface area contributed by atoms with Gasteiger partial charge in [-0.15, -0.1) is 5.10 Å². The van der Waals surface area contributed by atoms with Crippen LogP contribution in [0.15, 0.2) is 23.4 Å². The van der Waals surface area contributed by atoms with Crippen LogP contribution in [0.25, 0.3) is 5.78 Å². The molecule has 0 unspecified atom stereocenters. The van der Waals surface area contributed by atoms with Crippen molar-refractivity contribution in [2.75, 3.05) is 18.2 Å². The van der Waals surface area contributed by atoms with Crippen LogP contribution in [-0.4, -0.2) is 44.3 Å². The van der Waals surface area contributed by atoms with E-state index in [-0.39, 0.29) is 11.4 Å². The Morgan fingerprint density at radius 2 is 1.97 bits per heavy atom. The molecule has 2 aromatic heterocycles. The SMILES string of the molecule is CSc1nc2nc(C)c(CC(=O)OCC(=O)Nc3ccc(Cl)cc3C(F)(F)F)c(C)n2n1. The minimum atomic E-state index is -4.72. The van der Waals surface area contributed by atoms with Crippen molar-refractivity contribution in [2.45, 2.75) is 31.6 Å². The second-order valence-corrected chi connectivity index (χ2v) is 7.85. The molecule has 0 radical (unpaired) electrons. The highest BCUT2D eigenvalue weighted by molar-refractivity contribution is 7.98. The van der Waals surface area contributed by atoms with Gasteiger partial charge in [-0.2, -0.15) is 18.2 Å². The predicted molar refractivity (Wildman–Crippen MR) is 112 cm³/mol. The second kappa shape index (κ2) is 9.33. The molecule has 1 amide bonds. The highest BCUT2D eigenvalue weighted by atomic mass is 35.5. The number of nitrogens with one attached hydrogen (secondary N) is 1. The zero-order chi connectivity index (χ0) is 23.6. The molecule has 0 atom stereocenters. The smallest absolute Gasteiger partial charge is 0.418 e. The van der Waals surface area contributed by atoms with Gasteiger partial charge in [-0.25, -0.2) is 9.50 Å². The number of anilines is 1. The molecule has 8 nitrogen and oxygen atoms in total. The zero-order valence-electron chi connectivity index (χ0n) is 17.1. The predicted octanol–water partition coefficient (Wildman–Crippen LogP) is 3.86. The Labute approximate surface area is 189 Å². The molecule has 0 aliphatic heterocycles. The van der Waals surface area contributed by atoms with Gasteiger partial charge in [-0.1, -0.05) is 23.4 Å². The van der Waals surface area contributed by atoms with E-state index >= 15 is 0 Å². The van der Waals surface area contributed by atoms with E-state index in [0.29, 0.717) is 34.0 Å². The topological polar surface area (TPSA) is 98.5 Å². The molecule has 0 spiro atoms. The lowest BCUT2D eigenvalue weighted by molar-refractivity contribution is -0.146. The number of halogens is 4. The van der Waals surface area contributed by atoms with Crippen molar-refractivity contribution >= 4 is 46.7 Å². The van der Waals surface area contributed by atoms with Crippen molar-refractivity contribution in [3.05, 3.63) is 45.7 Å². The number of esters is 1. The molecule has 2 heterocycles. The number of thioether (sulfide) groups is 1. The lowest BCUT2D eigenvalue weighted by atomic mass is 10.1. The van der Waals surface area contributed by atoms with E-state index in [1.807, 2.05) is 6.26 Å². The summed E-state index contributed by atoms with van der Waals surface area (Å²) in [4.78, 5) is 32.9. The molecular formula is C19H17ClF3N5O3S. The van der Waals surface area contributed by atoms with Crippen LogP contribution in [0.5, 0.6) is 0 Å². The molecule has 0 bridgehead atoms. The highest BCUT2D eigenvalue weighted by Gasteiger charge is 2.34. The maximum Gasteiger partial charge on any atom is 0.418 e. The van der Waals surface area contributed by atoms with Gasteiger partial charge in [0.15, 0.2) is 6.61 Å². The number of ether oxygens (including phenoxy) is 1. The van der Waals surface area contributed by atoms with Crippen molar-refractivity contribution in [1.29, 1.82) is 0 Å². The van der Waals surface area contributed by atoms with E-state index in [9.17, 15) is 22.8 Å². The minimum absolute atomic E-state index is 0.130. The average Bonchev–Trinajstić information content (AvgIpc) is 3.13. The van der Waals surface area contributed by atoms with Crippen molar-refractivity contribution in [2.24, 2.45) is 0 Å². The van der Waals surface area contributed by atoms with E-state index in [1.165, 1.54) is 22.3 Å². The van der Waals surface area contributed by atoms with Crippen molar-refractivity contribution in [3.8, 4) is 0 Å². The second-order valence-electron chi connectivity index (χ2n) is 6.64. The van der Waals surface area contributed by atoms with Crippen LogP contribution in [0, 0.1) is 13.8 Å². The first-order valence-electron chi connectivity index (χ1n) is 9.08. The van der Waals surface area contributed by atoms with E-state index in [1.54, 1.807) is 13.8 Å². The van der Waals surface area contributed by atoms with Gasteiger partial charge in [0.05, 0.1) is 17.7 Å². The third-order valence-electron chi connectivity index (χ3n) is 4.46. The van der Waals surface area contributed by atoms with Gasteiger partial charge in [0, 0.05) is 22.0 Å². The summed E-state index contributed by atoms with van der Waals surface area (Å²) in [5, 5.41) is 6.77. The number of amides is 1. The molecular weight excluding hydrogens is 471 g/mol. The van der Waals surface area contributed by atoms with Crippen LogP contribution in [0.4, 0.5) is 18.9 Å². The van der Waals surface area contributed by atoms with Gasteiger partial charge in [0.1, 0.15) is 0 Å². The number of fused-ring (bicyclic) bond motifs is 1. The first kappa shape index (κ1) is 23.8. The quantitative estimate of drug-likeness (QED) is 0.416. The monoisotopic (exact) mass is 487 g/mol. The number of carbonyl (C=O) groups excluding carboxylic acids is 2. The number of aromatic nitrogens is 4. The summed E-state index contributed by atoms with van der Waals surface area (Å²) in [6.45, 7) is 2.69. The summed E-state index contributed by atoms with van der Waals surface area (Å²) < 4.78 is 45.8. The molecule has 1 aromatic carbocycles. The highest BCUT2D eigenvalue weighted by Crippen LogP contribution is 2.36. The normalized spacial score (nSPS) is 11.6. The fourth-order valence-corrected chi connectivity index (χ4v) is 3.43. The Hall–Kier alpha value is -2.86. The first-order chi connectivity index (χ1) is 15.0. The van der Waals surface area contributed by atoms with E-state index in [2.05, 4.69) is 20.4 Å². The summed E-state index contributed by atoms with van der Waals surface area (Å²) >= 11 is 6.96. The third kappa shape index (κ3) is 5.30. The van der Waals surface area contributed by atoms with E-state index in [0.717, 1.165) is 6.07 Å². The fraction of sp³-hybridized carbons (Fsp3) is 0.316. The lowest BCUT2D eigenvalue weighted by Gasteiger charge is -2.14. The average molecular weight is 488 g/mol. The molecule has 0 aliphatic carbocycles. The summed E-state index contributed by atoms with van der Waals surface area (Å²) in [6.07, 6.45) is -3.10. The molecule has 3 aromatic rings. The van der Waals surface area contributed by atoms with Gasteiger partial charge in [-0.05, 0) is 38.3 Å². The molecule has 170 valence electrons. The summed E-state index contributed by atoms with van der Waals surface area (Å²) in [7, 11) is 0. The van der Waals surface area contributed by atoms with Crippen LogP contribution in [0.1, 0.15) is 22.5 Å². The molecule has 0 aliphatic rings. The van der Waals surface area contributed by atoms with Gasteiger partial charge in [-0.3, -0.25) is 9.59 Å². The zero-order valence-corrected chi connectivity index (χ0v) is 18.7. The van der Waals surface area contributed by atoms with Gasteiger partial charge < -0.3 is 10.1 Å². The molecule has 3 rings (SSSR count). The van der Waals surface area contributed by atoms with Crippen molar-refractivity contribution in [1.82, 2.24) is 19.6 Å². The molecule has 0 fully saturated rings. The Morgan fingerprint density at radius 1 is 1.25 bits per heavy atom. The van der Waals surface area contributed by atoms with E-state index in [4.69, 9.17) is 16.3 Å². The summed E-state index contributed by atoms with van der Waals surface area (Å²) in [5.74, 6) is -1.27. The Morgan fingerprint density at radius 3 is 2.62 bits per heavy atom. The third-order valence-corrected chi connectivity index (χ3v) is 5.23. The number of alkyl halides is 3. The van der Waals surface area contributed by atoms with Crippen LogP contribution < -0.4 is 5.32 Å². The number of nitrogens with zero attached hydrogens (tertiary/aromatic N) is 4. The van der Waals surface area contributed by atoms with Crippen LogP contribution in [0.3, 0.4) is 0 Å². The number of carbonyl (C=O) groups is 2. The van der Waals surface area contributed by atoms with Crippen LogP contribution in [0.2, 0.25) is 5.02 Å². The standard InChI is InChI=1S/C19H17ClF3N5O3S/c1-9-12(10(2)28-17(24-9)26-18(27-28)32-3)7-16(30)31-8-15(29)25-14-5-4-11(20)6-13(14)19(21,22)23/h4-6H,7-8H2,1-3H3,(H,25,29). The molecule has 13 heteroatoms. The van der Waals surface area contributed by atoms with E-state index < -0.39 is 35.9 Å². The fourth-order valence-electron chi connectivity index (χ4n) is 2.92. The Balaban J connectivity index is 1.66. The largest absolute Gasteiger partial charge is 0.455 e. The van der Waals surface area contributed by atoms with Crippen LogP contribution in [-0.2, 0) is 26.9 Å². The number of hydrogen-bond acceptors (Lipinski definition) is 7. The minimum Gasteiger partial charge on any atom is -0.455 e. The van der Waals surface area contributed by atoms with Crippen LogP contribution >= 0.6 is 23.4 Å². The number of benzene rings is 1. The molecule has 1 N–H and O–H groups in total. The number of rotatable bonds is 6. The maximum absolute atomic E-state index is 13.1. The lowest BCUT2D eigenvalue weighted by Crippen LogP contribution is -2.23. The molecule has 0 saturated carbocycles. The summed E-state index contributed by atoms with van der Waals surface area (Å²) in [6, 6.07) is 2.93. The first-order valence-corrected chi connectivity index (χ1v) is 10.7. The molecule has 0 saturated heterocycles. The van der Waals surface area contributed by atoms with Gasteiger partial charge in [0.2, 0.25) is 5.16 Å². The Bertz CT molecular complexity index is 1200. The number of hydrogen-bond donors (Lipinski definition) is 1. The summed E-state index contributed by atoms with van der Waals surface area (Å²) in [5.41, 5.74) is 0.149.